The van der Waals surface area contributed by atoms with Gasteiger partial charge in [0.05, 0.1) is 12.1 Å². The van der Waals surface area contributed by atoms with E-state index in [0.29, 0.717) is 12.1 Å². The summed E-state index contributed by atoms with van der Waals surface area (Å²) in [5.41, 5.74) is 0.328. The molecular formula is C12H20N4O3. The Morgan fingerprint density at radius 3 is 2.74 bits per heavy atom. The van der Waals surface area contributed by atoms with E-state index in [2.05, 4.69) is 15.6 Å². The predicted octanol–water partition coefficient (Wildman–Crippen LogP) is 0.600. The minimum atomic E-state index is -0.878. The molecule has 0 aliphatic rings. The van der Waals surface area contributed by atoms with Crippen LogP contribution in [-0.4, -0.2) is 37.5 Å². The zero-order chi connectivity index (χ0) is 14.5. The first-order valence-electron chi connectivity index (χ1n) is 6.24. The van der Waals surface area contributed by atoms with Gasteiger partial charge in [-0.3, -0.25) is 9.59 Å². The van der Waals surface area contributed by atoms with E-state index in [-0.39, 0.29) is 24.4 Å². The van der Waals surface area contributed by atoms with Crippen LogP contribution in [-0.2, 0) is 22.6 Å². The third-order valence-corrected chi connectivity index (χ3v) is 2.85. The van der Waals surface area contributed by atoms with Crippen LogP contribution in [0.1, 0.15) is 39.3 Å². The second kappa shape index (κ2) is 6.31. The molecule has 106 valence electrons. The van der Waals surface area contributed by atoms with E-state index < -0.39 is 5.97 Å². The van der Waals surface area contributed by atoms with Crippen LogP contribution < -0.4 is 5.32 Å². The number of hydrogen-bond donors (Lipinski definition) is 2. The van der Waals surface area contributed by atoms with E-state index in [1.165, 1.54) is 4.68 Å². The molecule has 1 heterocycles. The van der Waals surface area contributed by atoms with Gasteiger partial charge >= 0.3 is 5.97 Å². The third kappa shape index (κ3) is 5.50. The van der Waals surface area contributed by atoms with Crippen LogP contribution in [0.4, 0.5) is 0 Å². The molecule has 1 rings (SSSR count). The monoisotopic (exact) mass is 268 g/mol. The predicted molar refractivity (Wildman–Crippen MR) is 68.5 cm³/mol. The number of rotatable bonds is 7. The van der Waals surface area contributed by atoms with Crippen molar-refractivity contribution in [2.75, 3.05) is 0 Å². The fraction of sp³-hybridized carbons (Fsp3) is 0.667. The summed E-state index contributed by atoms with van der Waals surface area (Å²) in [6, 6.07) is 0. The van der Waals surface area contributed by atoms with Crippen LogP contribution in [0.3, 0.4) is 0 Å². The summed E-state index contributed by atoms with van der Waals surface area (Å²) in [6.07, 6.45) is 2.76. The normalized spacial score (nSPS) is 11.3. The van der Waals surface area contributed by atoms with Crippen LogP contribution in [0, 0.1) is 0 Å². The number of hydrogen-bond acceptors (Lipinski definition) is 4. The average Bonchev–Trinajstić information content (AvgIpc) is 2.73. The highest BCUT2D eigenvalue weighted by Crippen LogP contribution is 2.06. The zero-order valence-electron chi connectivity index (χ0n) is 11.5. The molecule has 7 nitrogen and oxygen atoms in total. The third-order valence-electron chi connectivity index (χ3n) is 2.85. The van der Waals surface area contributed by atoms with E-state index in [9.17, 15) is 9.59 Å². The Morgan fingerprint density at radius 2 is 2.16 bits per heavy atom. The average molecular weight is 268 g/mol. The maximum Gasteiger partial charge on any atom is 0.303 e. The largest absolute Gasteiger partial charge is 0.481 e. The van der Waals surface area contributed by atoms with Crippen molar-refractivity contribution in [2.45, 2.75) is 52.1 Å². The molecule has 1 aromatic rings. The van der Waals surface area contributed by atoms with Gasteiger partial charge in [0.15, 0.2) is 0 Å². The lowest BCUT2D eigenvalue weighted by Crippen LogP contribution is -2.44. The number of aliphatic carboxylic acids is 1. The Hall–Kier alpha value is -1.92. The van der Waals surface area contributed by atoms with Crippen molar-refractivity contribution >= 4 is 11.9 Å². The molecule has 0 aliphatic heterocycles. The highest BCUT2D eigenvalue weighted by Gasteiger charge is 2.18. The van der Waals surface area contributed by atoms with Gasteiger partial charge in [-0.05, 0) is 20.3 Å². The van der Waals surface area contributed by atoms with Crippen LogP contribution in [0.25, 0.3) is 0 Å². The number of aromatic nitrogens is 3. The van der Waals surface area contributed by atoms with Gasteiger partial charge < -0.3 is 10.4 Å². The van der Waals surface area contributed by atoms with Crippen molar-refractivity contribution in [1.82, 2.24) is 20.3 Å². The van der Waals surface area contributed by atoms with Crippen LogP contribution in [0.5, 0.6) is 0 Å². The molecule has 7 heteroatoms. The van der Waals surface area contributed by atoms with E-state index >= 15 is 0 Å². The molecule has 0 fully saturated rings. The number of aryl methyl sites for hydroxylation is 1. The fourth-order valence-corrected chi connectivity index (χ4v) is 1.42. The maximum atomic E-state index is 11.8. The second-order valence-electron chi connectivity index (χ2n) is 5.09. The van der Waals surface area contributed by atoms with Crippen molar-refractivity contribution in [1.29, 1.82) is 0 Å². The number of nitrogens with zero attached hydrogens (tertiary/aromatic N) is 3. The number of carboxylic acid groups (broad SMARTS) is 1. The summed E-state index contributed by atoms with van der Waals surface area (Å²) in [5.74, 6) is -1.02. The second-order valence-corrected chi connectivity index (χ2v) is 5.09. The van der Waals surface area contributed by atoms with E-state index in [1.807, 2.05) is 20.8 Å². The lowest BCUT2D eigenvalue weighted by atomic mass is 10.0. The Balaban J connectivity index is 2.49. The number of carboxylic acids is 1. The molecule has 0 atom stereocenters. The first-order chi connectivity index (χ1) is 8.82. The molecular weight excluding hydrogens is 248 g/mol. The van der Waals surface area contributed by atoms with Gasteiger partial charge in [-0.1, -0.05) is 12.1 Å². The van der Waals surface area contributed by atoms with Crippen LogP contribution in [0.2, 0.25) is 0 Å². The Morgan fingerprint density at radius 1 is 1.47 bits per heavy atom. The van der Waals surface area contributed by atoms with Gasteiger partial charge in [-0.2, -0.15) is 0 Å². The molecule has 1 amide bonds. The van der Waals surface area contributed by atoms with Crippen molar-refractivity contribution in [3.8, 4) is 0 Å². The molecule has 0 spiro atoms. The summed E-state index contributed by atoms with van der Waals surface area (Å²) in [4.78, 5) is 22.2. The highest BCUT2D eigenvalue weighted by atomic mass is 16.4. The van der Waals surface area contributed by atoms with Crippen molar-refractivity contribution in [2.24, 2.45) is 0 Å². The van der Waals surface area contributed by atoms with Gasteiger partial charge in [-0.25, -0.2) is 4.68 Å². The number of carbonyl (C=O) groups is 2. The molecule has 0 bridgehead atoms. The SMILES string of the molecule is CCC(C)(C)NC(=O)Cn1cc(CCC(=O)O)nn1. The molecule has 1 aromatic heterocycles. The topological polar surface area (TPSA) is 97.1 Å². The lowest BCUT2D eigenvalue weighted by molar-refractivity contribution is -0.137. The summed E-state index contributed by atoms with van der Waals surface area (Å²) in [6.45, 7) is 5.98. The van der Waals surface area contributed by atoms with E-state index in [4.69, 9.17) is 5.11 Å². The van der Waals surface area contributed by atoms with Crippen molar-refractivity contribution in [3.05, 3.63) is 11.9 Å². The van der Waals surface area contributed by atoms with E-state index in [1.54, 1.807) is 6.20 Å². The first kappa shape index (κ1) is 15.1. The first-order valence-corrected chi connectivity index (χ1v) is 6.24. The highest BCUT2D eigenvalue weighted by molar-refractivity contribution is 5.76. The maximum absolute atomic E-state index is 11.8. The molecule has 19 heavy (non-hydrogen) atoms. The zero-order valence-corrected chi connectivity index (χ0v) is 11.5. The minimum Gasteiger partial charge on any atom is -0.481 e. The Kier molecular flexibility index (Phi) is 5.02. The van der Waals surface area contributed by atoms with E-state index in [0.717, 1.165) is 6.42 Å². The lowest BCUT2D eigenvalue weighted by Gasteiger charge is -2.24. The van der Waals surface area contributed by atoms with Crippen LogP contribution in [0.15, 0.2) is 6.20 Å². The number of amides is 1. The van der Waals surface area contributed by atoms with Crippen LogP contribution >= 0.6 is 0 Å². The van der Waals surface area contributed by atoms with Gasteiger partial charge in [0.25, 0.3) is 0 Å². The van der Waals surface area contributed by atoms with Gasteiger partial charge in [0.1, 0.15) is 6.54 Å². The van der Waals surface area contributed by atoms with Crippen molar-refractivity contribution in [3.63, 3.8) is 0 Å². The Labute approximate surface area is 112 Å². The summed E-state index contributed by atoms with van der Waals surface area (Å²) in [7, 11) is 0. The Bertz CT molecular complexity index is 454. The van der Waals surface area contributed by atoms with Gasteiger partial charge in [-0.15, -0.1) is 5.10 Å². The quantitative estimate of drug-likeness (QED) is 0.754. The molecule has 0 saturated heterocycles. The standard InChI is InChI=1S/C12H20N4O3/c1-4-12(2,3)13-10(17)8-16-7-9(14-15-16)5-6-11(18)19/h7H,4-6,8H2,1-3H3,(H,13,17)(H,18,19). The number of carbonyl (C=O) groups excluding carboxylic acids is 1. The summed E-state index contributed by atoms with van der Waals surface area (Å²) < 4.78 is 1.41. The molecule has 0 aliphatic carbocycles. The van der Waals surface area contributed by atoms with Gasteiger partial charge in [0.2, 0.25) is 5.91 Å². The molecule has 0 aromatic carbocycles. The fourth-order valence-electron chi connectivity index (χ4n) is 1.42. The van der Waals surface area contributed by atoms with Crippen molar-refractivity contribution < 1.29 is 14.7 Å². The summed E-state index contributed by atoms with van der Waals surface area (Å²) >= 11 is 0. The molecule has 0 unspecified atom stereocenters. The molecule has 0 radical (unpaired) electrons. The van der Waals surface area contributed by atoms with Gasteiger partial charge in [0, 0.05) is 18.2 Å². The molecule has 0 saturated carbocycles. The minimum absolute atomic E-state index is 0.00769. The smallest absolute Gasteiger partial charge is 0.303 e. The summed E-state index contributed by atoms with van der Waals surface area (Å²) in [5, 5.41) is 19.1. The number of nitrogens with one attached hydrogen (secondary N) is 1. The molecule has 2 N–H and O–H groups in total.